The van der Waals surface area contributed by atoms with E-state index in [0.717, 1.165) is 11.8 Å². The Morgan fingerprint density at radius 2 is 2.11 bits per heavy atom. The van der Waals surface area contributed by atoms with Crippen LogP contribution in [0, 0.1) is 11.7 Å². The number of halogens is 1. The number of hydrogen-bond donors (Lipinski definition) is 1. The zero-order valence-corrected chi connectivity index (χ0v) is 10.6. The number of thioether (sulfide) groups is 1. The van der Waals surface area contributed by atoms with Crippen LogP contribution < -0.4 is 4.74 Å². The van der Waals surface area contributed by atoms with Gasteiger partial charge in [0.25, 0.3) is 0 Å². The van der Waals surface area contributed by atoms with Gasteiger partial charge < -0.3 is 9.84 Å². The van der Waals surface area contributed by atoms with Crippen LogP contribution in [0.25, 0.3) is 0 Å². The first-order valence-corrected chi connectivity index (χ1v) is 6.22. The molecule has 0 aromatic heterocycles. The summed E-state index contributed by atoms with van der Waals surface area (Å²) in [6.07, 6.45) is 0. The molecule has 0 aliphatic carbocycles. The van der Waals surface area contributed by atoms with Crippen LogP contribution in [0.3, 0.4) is 0 Å². The summed E-state index contributed by atoms with van der Waals surface area (Å²) in [7, 11) is 0. The molecule has 18 heavy (non-hydrogen) atoms. The van der Waals surface area contributed by atoms with E-state index in [0.29, 0.717) is 0 Å². The van der Waals surface area contributed by atoms with Gasteiger partial charge in [0.1, 0.15) is 12.5 Å². The molecule has 1 N–H and O–H groups in total. The zero-order chi connectivity index (χ0) is 13.5. The molecule has 6 heteroatoms. The lowest BCUT2D eigenvalue weighted by molar-refractivity contribution is -0.141. The van der Waals surface area contributed by atoms with Crippen molar-refractivity contribution in [1.82, 2.24) is 0 Å². The fourth-order valence-electron chi connectivity index (χ4n) is 1.16. The van der Waals surface area contributed by atoms with Crippen LogP contribution in [0.2, 0.25) is 0 Å². The summed E-state index contributed by atoms with van der Waals surface area (Å²) in [6, 6.07) is 5.77. The van der Waals surface area contributed by atoms with Gasteiger partial charge in [-0.1, -0.05) is 23.9 Å². The molecule has 0 aliphatic heterocycles. The molecule has 1 aromatic carbocycles. The number of aliphatic carboxylic acids is 1. The number of ether oxygens (including phenoxy) is 1. The Hall–Kier alpha value is -1.56. The Labute approximate surface area is 108 Å². The largest absolute Gasteiger partial charge is 0.490 e. The molecule has 0 spiro atoms. The molecular weight excluding hydrogens is 259 g/mol. The third kappa shape index (κ3) is 4.75. The van der Waals surface area contributed by atoms with Crippen molar-refractivity contribution >= 4 is 22.8 Å². The maximum atomic E-state index is 13.2. The van der Waals surface area contributed by atoms with Crippen LogP contribution >= 0.6 is 11.8 Å². The topological polar surface area (TPSA) is 63.6 Å². The molecule has 0 saturated heterocycles. The van der Waals surface area contributed by atoms with E-state index >= 15 is 0 Å². The highest BCUT2D eigenvalue weighted by molar-refractivity contribution is 8.13. The smallest absolute Gasteiger partial charge is 0.310 e. The van der Waals surface area contributed by atoms with Gasteiger partial charge in [-0.25, -0.2) is 4.39 Å². The maximum absolute atomic E-state index is 13.2. The fourth-order valence-corrected chi connectivity index (χ4v) is 1.84. The third-order valence-electron chi connectivity index (χ3n) is 2.11. The summed E-state index contributed by atoms with van der Waals surface area (Å²) >= 11 is 0.914. The monoisotopic (exact) mass is 272 g/mol. The lowest BCUT2D eigenvalue weighted by Gasteiger charge is -2.13. The number of carbonyl (C=O) groups excluding carboxylic acids is 1. The van der Waals surface area contributed by atoms with Crippen molar-refractivity contribution in [3.8, 4) is 5.75 Å². The second kappa shape index (κ2) is 7.00. The van der Waals surface area contributed by atoms with Crippen molar-refractivity contribution in [3.05, 3.63) is 30.1 Å². The second-order valence-electron chi connectivity index (χ2n) is 3.58. The number of benzene rings is 1. The minimum atomic E-state index is -1.07. The Morgan fingerprint density at radius 1 is 1.44 bits per heavy atom. The van der Waals surface area contributed by atoms with Crippen molar-refractivity contribution < 1.29 is 23.8 Å². The average Bonchev–Trinajstić information content (AvgIpc) is 2.30. The molecule has 0 aliphatic rings. The van der Waals surface area contributed by atoms with Crippen LogP contribution in [0.4, 0.5) is 4.39 Å². The first-order valence-electron chi connectivity index (χ1n) is 5.24. The molecular formula is C12H13FO4S. The van der Waals surface area contributed by atoms with Gasteiger partial charge in [-0.05, 0) is 12.1 Å². The van der Waals surface area contributed by atoms with Gasteiger partial charge in [-0.2, -0.15) is 0 Å². The number of hydrogen-bond acceptors (Lipinski definition) is 4. The summed E-state index contributed by atoms with van der Waals surface area (Å²) < 4.78 is 18.3. The normalized spacial score (nSPS) is 11.9. The minimum Gasteiger partial charge on any atom is -0.490 e. The van der Waals surface area contributed by atoms with Gasteiger partial charge in [-0.3, -0.25) is 9.59 Å². The Kier molecular flexibility index (Phi) is 5.64. The molecule has 0 radical (unpaired) electrons. The van der Waals surface area contributed by atoms with Crippen LogP contribution in [-0.4, -0.2) is 28.6 Å². The van der Waals surface area contributed by atoms with E-state index in [9.17, 15) is 14.0 Å². The highest BCUT2D eigenvalue weighted by Gasteiger charge is 2.20. The minimum absolute atomic E-state index is 0.0107. The van der Waals surface area contributed by atoms with Gasteiger partial charge >= 0.3 is 5.97 Å². The van der Waals surface area contributed by atoms with Crippen LogP contribution in [0.1, 0.15) is 6.92 Å². The SMILES string of the molecule is CC(=O)SCC(COc1ccccc1F)C(=O)O. The average molecular weight is 272 g/mol. The van der Waals surface area contributed by atoms with Crippen LogP contribution in [0.5, 0.6) is 5.75 Å². The predicted molar refractivity (Wildman–Crippen MR) is 66.2 cm³/mol. The van der Waals surface area contributed by atoms with E-state index < -0.39 is 17.7 Å². The van der Waals surface area contributed by atoms with E-state index in [1.165, 1.54) is 25.1 Å². The standard InChI is InChI=1S/C12H13FO4S/c1-8(14)18-7-9(12(15)16)6-17-11-5-3-2-4-10(11)13/h2-5,9H,6-7H2,1H3,(H,15,16). The van der Waals surface area contributed by atoms with Crippen molar-refractivity contribution in [3.63, 3.8) is 0 Å². The van der Waals surface area contributed by atoms with E-state index in [4.69, 9.17) is 9.84 Å². The Morgan fingerprint density at radius 3 is 2.67 bits per heavy atom. The van der Waals surface area contributed by atoms with Gasteiger partial charge in [-0.15, -0.1) is 0 Å². The molecule has 1 aromatic rings. The second-order valence-corrected chi connectivity index (χ2v) is 4.78. The third-order valence-corrected chi connectivity index (χ3v) is 3.09. The first-order chi connectivity index (χ1) is 8.50. The molecule has 98 valence electrons. The molecule has 0 amide bonds. The number of carboxylic acids is 1. The van der Waals surface area contributed by atoms with Gasteiger partial charge in [0.2, 0.25) is 0 Å². The van der Waals surface area contributed by atoms with Crippen molar-refractivity contribution in [1.29, 1.82) is 0 Å². The predicted octanol–water partition coefficient (Wildman–Crippen LogP) is 2.18. The highest BCUT2D eigenvalue weighted by Crippen LogP contribution is 2.18. The summed E-state index contributed by atoms with van der Waals surface area (Å²) in [4.78, 5) is 21.7. The summed E-state index contributed by atoms with van der Waals surface area (Å²) in [6.45, 7) is 1.19. The number of rotatable bonds is 6. The van der Waals surface area contributed by atoms with Gasteiger partial charge in [0.05, 0.1) is 0 Å². The van der Waals surface area contributed by atoms with Crippen molar-refractivity contribution in [2.75, 3.05) is 12.4 Å². The van der Waals surface area contributed by atoms with E-state index in [-0.39, 0.29) is 23.2 Å². The molecule has 0 fully saturated rings. The maximum Gasteiger partial charge on any atom is 0.310 e. The number of carbonyl (C=O) groups is 2. The molecule has 0 saturated carbocycles. The fraction of sp³-hybridized carbons (Fsp3) is 0.333. The Balaban J connectivity index is 2.55. The lowest BCUT2D eigenvalue weighted by Crippen LogP contribution is -2.24. The quantitative estimate of drug-likeness (QED) is 0.860. The van der Waals surface area contributed by atoms with E-state index in [1.807, 2.05) is 0 Å². The van der Waals surface area contributed by atoms with Crippen molar-refractivity contribution in [2.24, 2.45) is 5.92 Å². The summed E-state index contributed by atoms with van der Waals surface area (Å²) in [5, 5.41) is 8.78. The van der Waals surface area contributed by atoms with E-state index in [1.54, 1.807) is 6.07 Å². The molecule has 1 unspecified atom stereocenters. The number of carboxylic acid groups (broad SMARTS) is 1. The molecule has 4 nitrogen and oxygen atoms in total. The lowest BCUT2D eigenvalue weighted by atomic mass is 10.2. The molecule has 1 rings (SSSR count). The van der Waals surface area contributed by atoms with Crippen LogP contribution in [-0.2, 0) is 9.59 Å². The highest BCUT2D eigenvalue weighted by atomic mass is 32.2. The van der Waals surface area contributed by atoms with Crippen LogP contribution in [0.15, 0.2) is 24.3 Å². The zero-order valence-electron chi connectivity index (χ0n) is 9.76. The van der Waals surface area contributed by atoms with Gasteiger partial charge in [0.15, 0.2) is 16.7 Å². The molecule has 0 heterocycles. The summed E-state index contributed by atoms with van der Waals surface area (Å²) in [5.74, 6) is -2.34. The molecule has 0 bridgehead atoms. The van der Waals surface area contributed by atoms with E-state index in [2.05, 4.69) is 0 Å². The number of para-hydroxylation sites is 1. The van der Waals surface area contributed by atoms with Crippen molar-refractivity contribution in [2.45, 2.75) is 6.92 Å². The van der Waals surface area contributed by atoms with Gasteiger partial charge in [0, 0.05) is 12.7 Å². The molecule has 1 atom stereocenters. The first kappa shape index (κ1) is 14.5. The Bertz CT molecular complexity index is 436. The summed E-state index contributed by atoms with van der Waals surface area (Å²) in [5.41, 5.74) is 0.